The molecule has 2 aromatic carbocycles. The second-order valence-electron chi connectivity index (χ2n) is 7.31. The van der Waals surface area contributed by atoms with Crippen LogP contribution in [0.5, 0.6) is 0 Å². The van der Waals surface area contributed by atoms with Crippen molar-refractivity contribution in [2.24, 2.45) is 0 Å². The van der Waals surface area contributed by atoms with Crippen LogP contribution in [0.1, 0.15) is 41.5 Å². The van der Waals surface area contributed by atoms with Crippen molar-refractivity contribution in [2.75, 3.05) is 0 Å². The molecule has 0 aliphatic carbocycles. The van der Waals surface area contributed by atoms with Crippen LogP contribution in [0.2, 0.25) is 0 Å². The fourth-order valence-electron chi connectivity index (χ4n) is 3.55. The van der Waals surface area contributed by atoms with Crippen molar-refractivity contribution < 1.29 is 35.7 Å². The molecule has 4 rings (SSSR count). The molecule has 0 saturated carbocycles. The molecule has 0 bridgehead atoms. The van der Waals surface area contributed by atoms with Crippen molar-refractivity contribution >= 4 is 5.91 Å². The van der Waals surface area contributed by atoms with E-state index in [1.54, 1.807) is 0 Å². The lowest BCUT2D eigenvalue weighted by molar-refractivity contribution is -0.138. The average molecular weight is 455 g/mol. The second-order valence-corrected chi connectivity index (χ2v) is 7.31. The summed E-state index contributed by atoms with van der Waals surface area (Å²) in [5, 5.41) is 3.73. The number of likely N-dealkylation sites (tertiary alicyclic amines) is 1. The summed E-state index contributed by atoms with van der Waals surface area (Å²) in [4.78, 5) is 17.8. The first-order valence-corrected chi connectivity index (χ1v) is 9.49. The van der Waals surface area contributed by atoms with Crippen LogP contribution in [0.25, 0.3) is 11.4 Å². The number of hydrogen-bond donors (Lipinski definition) is 0. The van der Waals surface area contributed by atoms with E-state index >= 15 is 0 Å². The van der Waals surface area contributed by atoms with Crippen LogP contribution in [0, 0.1) is 0 Å². The highest BCUT2D eigenvalue weighted by atomic mass is 19.4. The Labute approximate surface area is 177 Å². The first-order valence-electron chi connectivity index (χ1n) is 9.49. The predicted octanol–water partition coefficient (Wildman–Crippen LogP) is 5.64. The van der Waals surface area contributed by atoms with Gasteiger partial charge in [-0.25, -0.2) is 0 Å². The SMILES string of the molecule is O=C1CCC(c2nc(-c3cccc(C(F)(F)F)c3)no2)N1Cc1cccc(C(F)(F)F)c1. The Morgan fingerprint density at radius 1 is 0.969 bits per heavy atom. The van der Waals surface area contributed by atoms with E-state index in [0.717, 1.165) is 24.3 Å². The minimum absolute atomic E-state index is 0.00948. The lowest BCUT2D eigenvalue weighted by Crippen LogP contribution is -2.27. The van der Waals surface area contributed by atoms with Crippen molar-refractivity contribution in [2.45, 2.75) is 37.8 Å². The number of rotatable bonds is 4. The molecular formula is C21H15F6N3O2. The Bertz CT molecular complexity index is 1140. The highest BCUT2D eigenvalue weighted by Crippen LogP contribution is 2.36. The predicted molar refractivity (Wildman–Crippen MR) is 98.7 cm³/mol. The molecule has 3 aromatic rings. The van der Waals surface area contributed by atoms with E-state index in [2.05, 4.69) is 10.1 Å². The summed E-state index contributed by atoms with van der Waals surface area (Å²) in [5.41, 5.74) is -1.34. The van der Waals surface area contributed by atoms with E-state index in [1.165, 1.54) is 29.2 Å². The van der Waals surface area contributed by atoms with Gasteiger partial charge in [0, 0.05) is 18.5 Å². The summed E-state index contributed by atoms with van der Waals surface area (Å²) in [6.07, 6.45) is -8.63. The molecule has 5 nitrogen and oxygen atoms in total. The maximum Gasteiger partial charge on any atom is 0.416 e. The fraction of sp³-hybridized carbons (Fsp3) is 0.286. The average Bonchev–Trinajstić information content (AvgIpc) is 3.35. The topological polar surface area (TPSA) is 59.2 Å². The third-order valence-electron chi connectivity index (χ3n) is 5.11. The number of aromatic nitrogens is 2. The largest absolute Gasteiger partial charge is 0.416 e. The van der Waals surface area contributed by atoms with Gasteiger partial charge in [-0.05, 0) is 36.2 Å². The number of amides is 1. The van der Waals surface area contributed by atoms with Crippen molar-refractivity contribution in [3.63, 3.8) is 0 Å². The number of nitrogens with zero attached hydrogens (tertiary/aromatic N) is 3. The first-order chi connectivity index (χ1) is 15.0. The van der Waals surface area contributed by atoms with Gasteiger partial charge in [0.1, 0.15) is 6.04 Å². The molecule has 1 aliphatic heterocycles. The van der Waals surface area contributed by atoms with E-state index in [0.29, 0.717) is 6.42 Å². The molecule has 1 saturated heterocycles. The van der Waals surface area contributed by atoms with E-state index in [-0.39, 0.29) is 41.7 Å². The van der Waals surface area contributed by atoms with Crippen LogP contribution in [0.15, 0.2) is 53.1 Å². The van der Waals surface area contributed by atoms with Crippen LogP contribution in [-0.4, -0.2) is 20.9 Å². The van der Waals surface area contributed by atoms with Gasteiger partial charge in [0.15, 0.2) is 0 Å². The smallest absolute Gasteiger partial charge is 0.337 e. The maximum absolute atomic E-state index is 13.0. The van der Waals surface area contributed by atoms with Gasteiger partial charge < -0.3 is 9.42 Å². The quantitative estimate of drug-likeness (QED) is 0.478. The van der Waals surface area contributed by atoms with Crippen molar-refractivity contribution in [1.29, 1.82) is 0 Å². The Kier molecular flexibility index (Phi) is 5.43. The van der Waals surface area contributed by atoms with Crippen LogP contribution < -0.4 is 0 Å². The molecule has 168 valence electrons. The summed E-state index contributed by atoms with van der Waals surface area (Å²) < 4.78 is 83.0. The van der Waals surface area contributed by atoms with Gasteiger partial charge in [-0.2, -0.15) is 31.3 Å². The molecule has 1 aliphatic rings. The Balaban J connectivity index is 1.58. The van der Waals surface area contributed by atoms with Gasteiger partial charge in [-0.3, -0.25) is 4.79 Å². The molecule has 32 heavy (non-hydrogen) atoms. The minimum atomic E-state index is -4.54. The summed E-state index contributed by atoms with van der Waals surface area (Å²) in [6, 6.07) is 8.34. The number of carbonyl (C=O) groups is 1. The van der Waals surface area contributed by atoms with E-state index < -0.39 is 29.5 Å². The van der Waals surface area contributed by atoms with E-state index in [4.69, 9.17) is 4.52 Å². The highest BCUT2D eigenvalue weighted by Gasteiger charge is 2.37. The van der Waals surface area contributed by atoms with Gasteiger partial charge in [0.05, 0.1) is 11.1 Å². The molecule has 2 heterocycles. The van der Waals surface area contributed by atoms with Crippen LogP contribution in [0.3, 0.4) is 0 Å². The van der Waals surface area contributed by atoms with E-state index in [9.17, 15) is 31.1 Å². The molecule has 1 unspecified atom stereocenters. The third-order valence-corrected chi connectivity index (χ3v) is 5.11. The molecule has 1 atom stereocenters. The first kappa shape index (κ1) is 21.8. The van der Waals surface area contributed by atoms with Crippen molar-refractivity contribution in [3.8, 4) is 11.4 Å². The zero-order valence-corrected chi connectivity index (χ0v) is 16.2. The second kappa shape index (κ2) is 7.95. The minimum Gasteiger partial charge on any atom is -0.337 e. The summed E-state index contributed by atoms with van der Waals surface area (Å²) >= 11 is 0. The molecule has 11 heteroatoms. The molecule has 1 aromatic heterocycles. The number of alkyl halides is 6. The van der Waals surface area contributed by atoms with Crippen LogP contribution in [-0.2, 0) is 23.7 Å². The molecule has 0 N–H and O–H groups in total. The van der Waals surface area contributed by atoms with Crippen LogP contribution >= 0.6 is 0 Å². The Hall–Kier alpha value is -3.37. The van der Waals surface area contributed by atoms with Crippen LogP contribution in [0.4, 0.5) is 26.3 Å². The number of halogens is 6. The Morgan fingerprint density at radius 3 is 2.31 bits per heavy atom. The molecule has 0 spiro atoms. The molecular weight excluding hydrogens is 440 g/mol. The number of benzene rings is 2. The lowest BCUT2D eigenvalue weighted by atomic mass is 10.1. The number of hydrogen-bond acceptors (Lipinski definition) is 4. The summed E-state index contributed by atoms with van der Waals surface area (Å²) in [7, 11) is 0. The summed E-state index contributed by atoms with van der Waals surface area (Å²) in [6.45, 7) is -0.102. The lowest BCUT2D eigenvalue weighted by Gasteiger charge is -2.22. The van der Waals surface area contributed by atoms with Gasteiger partial charge >= 0.3 is 12.4 Å². The normalized spacial score (nSPS) is 17.2. The molecule has 1 amide bonds. The van der Waals surface area contributed by atoms with Gasteiger partial charge in [-0.1, -0.05) is 29.4 Å². The van der Waals surface area contributed by atoms with Gasteiger partial charge in [0.2, 0.25) is 17.6 Å². The highest BCUT2D eigenvalue weighted by molar-refractivity contribution is 5.78. The van der Waals surface area contributed by atoms with Crippen molar-refractivity contribution in [3.05, 3.63) is 71.1 Å². The Morgan fingerprint density at radius 2 is 1.62 bits per heavy atom. The third kappa shape index (κ3) is 4.46. The summed E-state index contributed by atoms with van der Waals surface area (Å²) in [5.74, 6) is -0.370. The van der Waals surface area contributed by atoms with E-state index in [1.807, 2.05) is 0 Å². The standard InChI is InChI=1S/C21H15F6N3O2/c22-20(23,24)14-5-1-3-12(9-14)11-30-16(7-8-17(30)31)19-28-18(29-32-19)13-4-2-6-15(10-13)21(25,26)27/h1-6,9-10,16H,7-8,11H2. The molecule has 1 fully saturated rings. The zero-order chi connectivity index (χ0) is 23.1. The fourth-order valence-corrected chi connectivity index (χ4v) is 3.55. The zero-order valence-electron chi connectivity index (χ0n) is 16.2. The van der Waals surface area contributed by atoms with Crippen molar-refractivity contribution in [1.82, 2.24) is 15.0 Å². The molecule has 0 radical (unpaired) electrons. The monoisotopic (exact) mass is 455 g/mol. The maximum atomic E-state index is 13.0. The van der Waals surface area contributed by atoms with Gasteiger partial charge in [0.25, 0.3) is 0 Å². The number of carbonyl (C=O) groups excluding carboxylic acids is 1. The van der Waals surface area contributed by atoms with Gasteiger partial charge in [-0.15, -0.1) is 0 Å².